The van der Waals surface area contributed by atoms with Gasteiger partial charge in [-0.05, 0) is 30.7 Å². The van der Waals surface area contributed by atoms with Crippen LogP contribution >= 0.6 is 0 Å². The van der Waals surface area contributed by atoms with Crippen LogP contribution in [0.5, 0.6) is 5.75 Å². The van der Waals surface area contributed by atoms with Gasteiger partial charge in [-0.2, -0.15) is 0 Å². The predicted octanol–water partition coefficient (Wildman–Crippen LogP) is 2.07. The fraction of sp³-hybridized carbons (Fsp3) is 0.625. The SMILES string of the molecule is CCNC(CN1CCCOCC1)c1ccc(OC)cc1. The molecule has 1 fully saturated rings. The van der Waals surface area contributed by atoms with Crippen LogP contribution in [0.2, 0.25) is 0 Å². The summed E-state index contributed by atoms with van der Waals surface area (Å²) in [5.41, 5.74) is 1.32. The monoisotopic (exact) mass is 278 g/mol. The van der Waals surface area contributed by atoms with Crippen LogP contribution in [0, 0.1) is 0 Å². The van der Waals surface area contributed by atoms with Gasteiger partial charge in [-0.3, -0.25) is 4.90 Å². The standard InChI is InChI=1S/C16H26N2O2/c1-3-17-16(13-18-9-4-11-20-12-10-18)14-5-7-15(19-2)8-6-14/h5-8,16-17H,3-4,9-13H2,1-2H3. The molecule has 112 valence electrons. The van der Waals surface area contributed by atoms with Crippen LogP contribution in [0.3, 0.4) is 0 Å². The lowest BCUT2D eigenvalue weighted by atomic mass is 10.1. The average molecular weight is 278 g/mol. The zero-order chi connectivity index (χ0) is 14.2. The van der Waals surface area contributed by atoms with Crippen LogP contribution in [0.25, 0.3) is 0 Å². The van der Waals surface area contributed by atoms with E-state index in [4.69, 9.17) is 9.47 Å². The fourth-order valence-corrected chi connectivity index (χ4v) is 2.61. The minimum Gasteiger partial charge on any atom is -0.497 e. The number of nitrogens with one attached hydrogen (secondary N) is 1. The van der Waals surface area contributed by atoms with Gasteiger partial charge in [0.2, 0.25) is 0 Å². The van der Waals surface area contributed by atoms with Gasteiger partial charge < -0.3 is 14.8 Å². The van der Waals surface area contributed by atoms with E-state index in [-0.39, 0.29) is 0 Å². The summed E-state index contributed by atoms with van der Waals surface area (Å²) in [5.74, 6) is 0.909. The lowest BCUT2D eigenvalue weighted by molar-refractivity contribution is 0.139. The first-order valence-corrected chi connectivity index (χ1v) is 7.51. The maximum atomic E-state index is 5.52. The van der Waals surface area contributed by atoms with Crippen molar-refractivity contribution >= 4 is 0 Å². The molecule has 1 unspecified atom stereocenters. The van der Waals surface area contributed by atoms with Gasteiger partial charge in [0.15, 0.2) is 0 Å². The highest BCUT2D eigenvalue weighted by Gasteiger charge is 2.16. The van der Waals surface area contributed by atoms with Crippen molar-refractivity contribution in [2.24, 2.45) is 0 Å². The van der Waals surface area contributed by atoms with E-state index in [1.807, 2.05) is 12.1 Å². The van der Waals surface area contributed by atoms with Gasteiger partial charge >= 0.3 is 0 Å². The Bertz CT molecular complexity index is 373. The Hall–Kier alpha value is -1.10. The Morgan fingerprint density at radius 1 is 1.25 bits per heavy atom. The minimum atomic E-state index is 0.365. The normalized spacial score (nSPS) is 18.5. The summed E-state index contributed by atoms with van der Waals surface area (Å²) in [6.45, 7) is 8.05. The number of hydrogen-bond acceptors (Lipinski definition) is 4. The molecule has 0 amide bonds. The lowest BCUT2D eigenvalue weighted by Gasteiger charge is -2.26. The van der Waals surface area contributed by atoms with Crippen molar-refractivity contribution < 1.29 is 9.47 Å². The van der Waals surface area contributed by atoms with E-state index in [1.54, 1.807) is 7.11 Å². The number of nitrogens with zero attached hydrogens (tertiary/aromatic N) is 1. The second kappa shape index (κ2) is 8.25. The fourth-order valence-electron chi connectivity index (χ4n) is 2.61. The summed E-state index contributed by atoms with van der Waals surface area (Å²) in [7, 11) is 1.70. The molecule has 0 aromatic heterocycles. The minimum absolute atomic E-state index is 0.365. The molecule has 1 aromatic rings. The van der Waals surface area contributed by atoms with Gasteiger partial charge in [-0.1, -0.05) is 19.1 Å². The first-order valence-electron chi connectivity index (χ1n) is 7.51. The largest absolute Gasteiger partial charge is 0.497 e. The third-order valence-electron chi connectivity index (χ3n) is 3.72. The van der Waals surface area contributed by atoms with Crippen LogP contribution in [0.15, 0.2) is 24.3 Å². The molecule has 0 radical (unpaired) electrons. The molecule has 0 bridgehead atoms. The van der Waals surface area contributed by atoms with Crippen LogP contribution in [0.1, 0.15) is 24.9 Å². The van der Waals surface area contributed by atoms with E-state index in [0.29, 0.717) is 6.04 Å². The molecule has 1 N–H and O–H groups in total. The molecular weight excluding hydrogens is 252 g/mol. The second-order valence-electron chi connectivity index (χ2n) is 5.15. The molecule has 1 saturated heterocycles. The molecule has 4 nitrogen and oxygen atoms in total. The highest BCUT2D eigenvalue weighted by molar-refractivity contribution is 5.29. The number of rotatable bonds is 6. The Kier molecular flexibility index (Phi) is 6.30. The van der Waals surface area contributed by atoms with Crippen molar-refractivity contribution in [3.05, 3.63) is 29.8 Å². The van der Waals surface area contributed by atoms with Gasteiger partial charge in [-0.15, -0.1) is 0 Å². The van der Waals surface area contributed by atoms with E-state index >= 15 is 0 Å². The summed E-state index contributed by atoms with van der Waals surface area (Å²) in [4.78, 5) is 2.49. The number of benzene rings is 1. The Balaban J connectivity index is 2.00. The van der Waals surface area contributed by atoms with Crippen molar-refractivity contribution in [1.82, 2.24) is 10.2 Å². The van der Waals surface area contributed by atoms with Gasteiger partial charge in [0.25, 0.3) is 0 Å². The molecule has 2 rings (SSSR count). The van der Waals surface area contributed by atoms with Crippen molar-refractivity contribution in [2.45, 2.75) is 19.4 Å². The molecule has 1 aromatic carbocycles. The van der Waals surface area contributed by atoms with Gasteiger partial charge in [0, 0.05) is 32.3 Å². The average Bonchev–Trinajstić information content (AvgIpc) is 2.76. The molecule has 1 aliphatic heterocycles. The number of likely N-dealkylation sites (N-methyl/N-ethyl adjacent to an activating group) is 1. The van der Waals surface area contributed by atoms with Gasteiger partial charge in [0.1, 0.15) is 5.75 Å². The second-order valence-corrected chi connectivity index (χ2v) is 5.15. The molecule has 20 heavy (non-hydrogen) atoms. The zero-order valence-corrected chi connectivity index (χ0v) is 12.6. The van der Waals surface area contributed by atoms with E-state index in [0.717, 1.165) is 51.6 Å². The van der Waals surface area contributed by atoms with Gasteiger partial charge in [0.05, 0.1) is 13.7 Å². The molecular formula is C16H26N2O2. The van der Waals surface area contributed by atoms with E-state index in [1.165, 1.54) is 5.56 Å². The maximum Gasteiger partial charge on any atom is 0.118 e. The molecule has 0 aliphatic carbocycles. The first kappa shape index (κ1) is 15.3. The van der Waals surface area contributed by atoms with Crippen molar-refractivity contribution in [3.63, 3.8) is 0 Å². The molecule has 0 saturated carbocycles. The van der Waals surface area contributed by atoms with E-state index in [9.17, 15) is 0 Å². The summed E-state index contributed by atoms with van der Waals surface area (Å²) in [6, 6.07) is 8.74. The first-order chi connectivity index (χ1) is 9.83. The van der Waals surface area contributed by atoms with E-state index < -0.39 is 0 Å². The van der Waals surface area contributed by atoms with Crippen LogP contribution < -0.4 is 10.1 Å². The van der Waals surface area contributed by atoms with Crippen molar-refractivity contribution in [2.75, 3.05) is 46.5 Å². The number of hydrogen-bond donors (Lipinski definition) is 1. The Labute approximate surface area is 122 Å². The maximum absolute atomic E-state index is 5.52. The van der Waals surface area contributed by atoms with Gasteiger partial charge in [-0.25, -0.2) is 0 Å². The van der Waals surface area contributed by atoms with E-state index in [2.05, 4.69) is 29.3 Å². The Morgan fingerprint density at radius 2 is 2.05 bits per heavy atom. The molecule has 1 aliphatic rings. The lowest BCUT2D eigenvalue weighted by Crippen LogP contribution is -2.36. The summed E-state index contributed by atoms with van der Waals surface area (Å²) >= 11 is 0. The topological polar surface area (TPSA) is 33.7 Å². The molecule has 1 atom stereocenters. The summed E-state index contributed by atoms with van der Waals surface area (Å²) in [6.07, 6.45) is 1.13. The van der Waals surface area contributed by atoms with Crippen LogP contribution in [0.4, 0.5) is 0 Å². The number of ether oxygens (including phenoxy) is 2. The van der Waals surface area contributed by atoms with Crippen molar-refractivity contribution in [1.29, 1.82) is 0 Å². The third kappa shape index (κ3) is 4.47. The predicted molar refractivity (Wildman–Crippen MR) is 81.3 cm³/mol. The quantitative estimate of drug-likeness (QED) is 0.864. The summed E-state index contributed by atoms with van der Waals surface area (Å²) < 4.78 is 10.8. The molecule has 4 heteroatoms. The molecule has 0 spiro atoms. The molecule has 1 heterocycles. The van der Waals surface area contributed by atoms with Crippen LogP contribution in [-0.4, -0.2) is 51.4 Å². The van der Waals surface area contributed by atoms with Crippen molar-refractivity contribution in [3.8, 4) is 5.75 Å². The zero-order valence-electron chi connectivity index (χ0n) is 12.6. The third-order valence-corrected chi connectivity index (χ3v) is 3.72. The number of methoxy groups -OCH3 is 1. The van der Waals surface area contributed by atoms with Crippen LogP contribution in [-0.2, 0) is 4.74 Å². The highest BCUT2D eigenvalue weighted by atomic mass is 16.5. The Morgan fingerprint density at radius 3 is 2.75 bits per heavy atom. The smallest absolute Gasteiger partial charge is 0.118 e. The highest BCUT2D eigenvalue weighted by Crippen LogP contribution is 2.19. The summed E-state index contributed by atoms with van der Waals surface area (Å²) in [5, 5.41) is 3.58.